The van der Waals surface area contributed by atoms with Crippen molar-refractivity contribution in [3.05, 3.63) is 107 Å². The largest absolute Gasteiger partial charge is 0.489 e. The quantitative estimate of drug-likeness (QED) is 0.213. The molecule has 0 fully saturated rings. The number of halogens is 1. The summed E-state index contributed by atoms with van der Waals surface area (Å²) in [5, 5.41) is 45.2. The molecule has 0 aliphatic carbocycles. The van der Waals surface area contributed by atoms with Crippen LogP contribution in [0.25, 0.3) is 11.1 Å². The Hall–Kier alpha value is -2.90. The number of hydrogen-bond donors (Lipinski definition) is 2. The van der Waals surface area contributed by atoms with E-state index >= 15 is 0 Å². The van der Waals surface area contributed by atoms with Gasteiger partial charge >= 0.3 is 7.12 Å². The number of rotatable bonds is 4. The van der Waals surface area contributed by atoms with E-state index in [9.17, 15) is 20.2 Å². The van der Waals surface area contributed by atoms with Gasteiger partial charge < -0.3 is 10.0 Å². The second-order valence-electron chi connectivity index (χ2n) is 5.93. The van der Waals surface area contributed by atoms with Crippen molar-refractivity contribution in [2.45, 2.75) is 0 Å². The zero-order valence-corrected chi connectivity index (χ0v) is 19.5. The van der Waals surface area contributed by atoms with E-state index in [1.54, 1.807) is 53.2 Å². The van der Waals surface area contributed by atoms with Gasteiger partial charge in [0.1, 0.15) is 0 Å². The monoisotopic (exact) mass is 534 g/mol. The first-order chi connectivity index (χ1) is 15.3. The Kier molecular flexibility index (Phi) is 10.2. The second-order valence-corrected chi connectivity index (χ2v) is 8.34. The van der Waals surface area contributed by atoms with Gasteiger partial charge in [-0.05, 0) is 66.7 Å². The van der Waals surface area contributed by atoms with E-state index in [4.69, 9.17) is 10.0 Å². The third kappa shape index (κ3) is 7.66. The predicted octanol–water partition coefficient (Wildman–Crippen LogP) is 5.11. The third-order valence-corrected chi connectivity index (χ3v) is 5.88. The molecule has 0 bridgehead atoms. The van der Waals surface area contributed by atoms with Crippen LogP contribution < -0.4 is 5.46 Å². The lowest BCUT2D eigenvalue weighted by Crippen LogP contribution is -2.27. The Labute approximate surface area is 200 Å². The fourth-order valence-electron chi connectivity index (χ4n) is 2.32. The Bertz CT molecular complexity index is 1140. The second kappa shape index (κ2) is 12.8. The molecule has 2 aromatic heterocycles. The lowest BCUT2D eigenvalue weighted by molar-refractivity contribution is -0.385. The minimum Gasteiger partial charge on any atom is -0.423 e. The van der Waals surface area contributed by atoms with E-state index in [-0.39, 0.29) is 16.3 Å². The molecule has 32 heavy (non-hydrogen) atoms. The topological polar surface area (TPSA) is 127 Å². The molecule has 164 valence electrons. The van der Waals surface area contributed by atoms with Crippen LogP contribution in [0.5, 0.6) is 0 Å². The average molecular weight is 535 g/mol. The van der Waals surface area contributed by atoms with Gasteiger partial charge in [0.15, 0.2) is 0 Å². The van der Waals surface area contributed by atoms with E-state index in [1.807, 2.05) is 16.8 Å². The van der Waals surface area contributed by atoms with Gasteiger partial charge in [0.2, 0.25) is 0 Å². The van der Waals surface area contributed by atoms with Crippen LogP contribution in [0, 0.1) is 20.2 Å². The zero-order chi connectivity index (χ0) is 23.5. The Morgan fingerprint density at radius 2 is 1.34 bits per heavy atom. The highest BCUT2D eigenvalue weighted by molar-refractivity contribution is 9.10. The van der Waals surface area contributed by atoms with Gasteiger partial charge in [-0.25, -0.2) is 0 Å². The molecule has 12 heteroatoms. The smallest absolute Gasteiger partial charge is 0.423 e. The van der Waals surface area contributed by atoms with Gasteiger partial charge in [0, 0.05) is 12.1 Å². The SMILES string of the molecule is O=[N+]([O-])c1ccccc1-c1ccsc1.O=[N+]([O-])c1ccccc1Br.OB(O)c1ccsc1. The molecule has 0 spiro atoms. The summed E-state index contributed by atoms with van der Waals surface area (Å²) in [4.78, 5) is 20.1. The minimum absolute atomic E-state index is 0.0995. The molecule has 0 amide bonds. The van der Waals surface area contributed by atoms with Crippen LogP contribution in [0.1, 0.15) is 0 Å². The van der Waals surface area contributed by atoms with Crippen molar-refractivity contribution in [2.24, 2.45) is 0 Å². The molecular formula is C20H16BBrN2O6S2. The van der Waals surface area contributed by atoms with Gasteiger partial charge in [0.25, 0.3) is 11.4 Å². The summed E-state index contributed by atoms with van der Waals surface area (Å²) >= 11 is 6.04. The van der Waals surface area contributed by atoms with Crippen LogP contribution in [0.3, 0.4) is 0 Å². The summed E-state index contributed by atoms with van der Waals surface area (Å²) in [7, 11) is -1.30. The molecule has 2 N–H and O–H groups in total. The van der Waals surface area contributed by atoms with E-state index in [0.717, 1.165) is 5.56 Å². The first-order valence-corrected chi connectivity index (χ1v) is 11.5. The Morgan fingerprint density at radius 3 is 1.78 bits per heavy atom. The van der Waals surface area contributed by atoms with Crippen molar-refractivity contribution in [3.8, 4) is 11.1 Å². The molecule has 2 aromatic carbocycles. The summed E-state index contributed by atoms with van der Waals surface area (Å²) in [6, 6.07) is 16.8. The standard InChI is InChI=1S/C10H7NO2S.C6H4BrNO2.C4H5BO2S/c12-11(13)10-4-2-1-3-9(10)8-5-6-14-7-8;7-5-3-1-2-4-6(5)8(9)10;6-5(7)4-1-2-8-3-4/h1-7H;1-4H;1-3,6-7H. The van der Waals surface area contributed by atoms with E-state index in [2.05, 4.69) is 15.9 Å². The van der Waals surface area contributed by atoms with E-state index in [1.165, 1.54) is 34.8 Å². The van der Waals surface area contributed by atoms with Crippen LogP contribution in [-0.4, -0.2) is 27.0 Å². The van der Waals surface area contributed by atoms with Gasteiger partial charge in [-0.15, -0.1) is 0 Å². The molecule has 8 nitrogen and oxygen atoms in total. The summed E-state index contributed by atoms with van der Waals surface area (Å²) in [5.41, 5.74) is 2.41. The van der Waals surface area contributed by atoms with Crippen molar-refractivity contribution in [1.29, 1.82) is 0 Å². The van der Waals surface area contributed by atoms with Crippen molar-refractivity contribution in [3.63, 3.8) is 0 Å². The molecule has 0 saturated heterocycles. The number of nitro benzene ring substituents is 2. The summed E-state index contributed by atoms with van der Waals surface area (Å²) in [5.74, 6) is 0. The molecule has 0 saturated carbocycles. The molecule has 4 aromatic rings. The normalized spacial score (nSPS) is 9.59. The summed E-state index contributed by atoms with van der Waals surface area (Å²) in [6.07, 6.45) is 0. The van der Waals surface area contributed by atoms with Crippen LogP contribution in [-0.2, 0) is 0 Å². The highest BCUT2D eigenvalue weighted by Gasteiger charge is 2.13. The van der Waals surface area contributed by atoms with Crippen LogP contribution in [0.15, 0.2) is 86.7 Å². The van der Waals surface area contributed by atoms with E-state index in [0.29, 0.717) is 15.5 Å². The fraction of sp³-hybridized carbons (Fsp3) is 0. The molecule has 0 atom stereocenters. The number of para-hydroxylation sites is 2. The van der Waals surface area contributed by atoms with Crippen molar-refractivity contribution >= 4 is 62.6 Å². The van der Waals surface area contributed by atoms with Crippen molar-refractivity contribution in [1.82, 2.24) is 0 Å². The van der Waals surface area contributed by atoms with E-state index < -0.39 is 12.0 Å². The summed E-state index contributed by atoms with van der Waals surface area (Å²) < 4.78 is 0.514. The highest BCUT2D eigenvalue weighted by Crippen LogP contribution is 2.30. The van der Waals surface area contributed by atoms with Crippen molar-refractivity contribution in [2.75, 3.05) is 0 Å². The minimum atomic E-state index is -1.30. The molecule has 0 aliphatic rings. The van der Waals surface area contributed by atoms with Gasteiger partial charge in [-0.3, -0.25) is 20.2 Å². The van der Waals surface area contributed by atoms with Crippen LogP contribution in [0.2, 0.25) is 0 Å². The number of benzene rings is 2. The lowest BCUT2D eigenvalue weighted by atomic mass is 9.83. The summed E-state index contributed by atoms with van der Waals surface area (Å²) in [6.45, 7) is 0. The highest BCUT2D eigenvalue weighted by atomic mass is 79.9. The first kappa shape index (κ1) is 25.4. The maximum Gasteiger partial charge on any atom is 0.489 e. The fourth-order valence-corrected chi connectivity index (χ4v) is 4.07. The van der Waals surface area contributed by atoms with Gasteiger partial charge in [0.05, 0.1) is 19.9 Å². The molecule has 0 unspecified atom stereocenters. The first-order valence-electron chi connectivity index (χ1n) is 8.84. The molecule has 0 aliphatic heterocycles. The lowest BCUT2D eigenvalue weighted by Gasteiger charge is -1.98. The zero-order valence-electron chi connectivity index (χ0n) is 16.3. The van der Waals surface area contributed by atoms with Gasteiger partial charge in [-0.2, -0.15) is 22.7 Å². The number of hydrogen-bond acceptors (Lipinski definition) is 8. The number of nitrogens with zero attached hydrogens (tertiary/aromatic N) is 2. The van der Waals surface area contributed by atoms with Gasteiger partial charge in [-0.1, -0.05) is 30.3 Å². The van der Waals surface area contributed by atoms with Crippen LogP contribution >= 0.6 is 38.6 Å². The number of nitro groups is 2. The maximum atomic E-state index is 10.7. The average Bonchev–Trinajstić information content (AvgIpc) is 3.49. The maximum absolute atomic E-state index is 10.7. The molecular weight excluding hydrogens is 519 g/mol. The van der Waals surface area contributed by atoms with Crippen molar-refractivity contribution < 1.29 is 19.9 Å². The molecule has 4 rings (SSSR count). The Morgan fingerprint density at radius 1 is 0.781 bits per heavy atom. The van der Waals surface area contributed by atoms with Crippen LogP contribution in [0.4, 0.5) is 11.4 Å². The predicted molar refractivity (Wildman–Crippen MR) is 131 cm³/mol. The third-order valence-electron chi connectivity index (χ3n) is 3.82. The molecule has 2 heterocycles. The Balaban J connectivity index is 0.000000178. The molecule has 0 radical (unpaired) electrons. The number of thiophene rings is 2.